The Morgan fingerprint density at radius 2 is 1.85 bits per heavy atom. The molecule has 3 heteroatoms. The largest absolute Gasteiger partial charge is 0.485 e. The Morgan fingerprint density at radius 3 is 2.60 bits per heavy atom. The van der Waals surface area contributed by atoms with Crippen molar-refractivity contribution in [2.45, 2.75) is 46.4 Å². The Balaban J connectivity index is 1.91. The molecule has 0 spiro atoms. The molecule has 2 aromatic rings. The molecule has 20 heavy (non-hydrogen) atoms. The van der Waals surface area contributed by atoms with Gasteiger partial charge in [-0.2, -0.15) is 0 Å². The van der Waals surface area contributed by atoms with Crippen LogP contribution in [0, 0.1) is 0 Å². The van der Waals surface area contributed by atoms with Crippen molar-refractivity contribution in [2.75, 3.05) is 0 Å². The van der Waals surface area contributed by atoms with E-state index in [2.05, 4.69) is 32.2 Å². The molecule has 0 aliphatic rings. The molecule has 0 atom stereocenters. The summed E-state index contributed by atoms with van der Waals surface area (Å²) in [6.07, 6.45) is 0.970. The van der Waals surface area contributed by atoms with Gasteiger partial charge in [-0.1, -0.05) is 39.0 Å². The maximum atomic E-state index is 5.84. The monoisotopic (exact) mass is 273 g/mol. The fourth-order valence-electron chi connectivity index (χ4n) is 1.99. The summed E-state index contributed by atoms with van der Waals surface area (Å²) >= 11 is 0. The molecule has 0 aliphatic heterocycles. The molecular formula is C17H23NO2. The first-order chi connectivity index (χ1) is 9.69. The maximum absolute atomic E-state index is 5.84. The molecule has 0 unspecified atom stereocenters. The minimum absolute atomic E-state index is 0.455. The van der Waals surface area contributed by atoms with Gasteiger partial charge in [0.15, 0.2) is 0 Å². The number of aryl methyl sites for hydroxylation is 1. The minimum atomic E-state index is 0.455. The van der Waals surface area contributed by atoms with E-state index in [0.29, 0.717) is 12.6 Å². The average Bonchev–Trinajstić information content (AvgIpc) is 2.91. The molecule has 0 saturated heterocycles. The van der Waals surface area contributed by atoms with Crippen LogP contribution >= 0.6 is 0 Å². The predicted octanol–water partition coefficient (Wildman–Crippen LogP) is 3.92. The zero-order valence-corrected chi connectivity index (χ0v) is 12.5. The van der Waals surface area contributed by atoms with Gasteiger partial charge in [0, 0.05) is 6.04 Å². The molecule has 1 N–H and O–H groups in total. The highest BCUT2D eigenvalue weighted by atomic mass is 16.5. The molecule has 108 valence electrons. The lowest BCUT2D eigenvalue weighted by Gasteiger charge is -2.09. The number of furan rings is 1. The quantitative estimate of drug-likeness (QED) is 0.830. The van der Waals surface area contributed by atoms with Crippen LogP contribution in [0.15, 0.2) is 40.8 Å². The normalized spacial score (nSPS) is 11.0. The van der Waals surface area contributed by atoms with Crippen molar-refractivity contribution < 1.29 is 9.15 Å². The predicted molar refractivity (Wildman–Crippen MR) is 80.8 cm³/mol. The van der Waals surface area contributed by atoms with Crippen LogP contribution in [0.3, 0.4) is 0 Å². The van der Waals surface area contributed by atoms with Gasteiger partial charge in [0.1, 0.15) is 23.9 Å². The van der Waals surface area contributed by atoms with Crippen LogP contribution < -0.4 is 10.1 Å². The Hall–Kier alpha value is -1.74. The average molecular weight is 273 g/mol. The first-order valence-electron chi connectivity index (χ1n) is 7.20. The van der Waals surface area contributed by atoms with E-state index in [-0.39, 0.29) is 0 Å². The molecule has 1 aromatic carbocycles. The SMILES string of the molecule is CCc1ccccc1OCc1ccc(CNC(C)C)o1. The fourth-order valence-corrected chi connectivity index (χ4v) is 1.99. The lowest BCUT2D eigenvalue weighted by molar-refractivity contribution is 0.262. The second kappa shape index (κ2) is 7.15. The standard InChI is InChI=1S/C17H23NO2/c1-4-14-7-5-6-8-17(14)19-12-16-10-9-15(20-16)11-18-13(2)3/h5-10,13,18H,4,11-12H2,1-3H3. The van der Waals surface area contributed by atoms with Gasteiger partial charge in [0.25, 0.3) is 0 Å². The molecule has 0 aliphatic carbocycles. The number of rotatable bonds is 7. The van der Waals surface area contributed by atoms with Gasteiger partial charge in [-0.05, 0) is 30.2 Å². The number of benzene rings is 1. The molecule has 1 heterocycles. The van der Waals surface area contributed by atoms with E-state index in [1.165, 1.54) is 5.56 Å². The summed E-state index contributed by atoms with van der Waals surface area (Å²) in [5.74, 6) is 2.74. The van der Waals surface area contributed by atoms with Crippen molar-refractivity contribution in [3.63, 3.8) is 0 Å². The van der Waals surface area contributed by atoms with Crippen LogP contribution in [0.25, 0.3) is 0 Å². The van der Waals surface area contributed by atoms with Gasteiger partial charge in [0.05, 0.1) is 6.54 Å². The van der Waals surface area contributed by atoms with E-state index < -0.39 is 0 Å². The lowest BCUT2D eigenvalue weighted by Crippen LogP contribution is -2.21. The third kappa shape index (κ3) is 4.14. The van der Waals surface area contributed by atoms with E-state index in [9.17, 15) is 0 Å². The van der Waals surface area contributed by atoms with Crippen LogP contribution in [-0.4, -0.2) is 6.04 Å². The molecule has 1 aromatic heterocycles. The molecule has 3 nitrogen and oxygen atoms in total. The molecule has 0 saturated carbocycles. The van der Waals surface area contributed by atoms with Gasteiger partial charge in [-0.3, -0.25) is 0 Å². The van der Waals surface area contributed by atoms with Crippen LogP contribution in [-0.2, 0) is 19.6 Å². The molecule has 0 fully saturated rings. The van der Waals surface area contributed by atoms with Gasteiger partial charge < -0.3 is 14.5 Å². The van der Waals surface area contributed by atoms with Gasteiger partial charge in [0.2, 0.25) is 0 Å². The van der Waals surface area contributed by atoms with Crippen LogP contribution in [0.4, 0.5) is 0 Å². The first kappa shape index (κ1) is 14.7. The fraction of sp³-hybridized carbons (Fsp3) is 0.412. The summed E-state index contributed by atoms with van der Waals surface area (Å²) in [4.78, 5) is 0. The van der Waals surface area contributed by atoms with Gasteiger partial charge in [-0.15, -0.1) is 0 Å². The first-order valence-corrected chi connectivity index (χ1v) is 7.20. The Morgan fingerprint density at radius 1 is 1.10 bits per heavy atom. The zero-order chi connectivity index (χ0) is 14.4. The van der Waals surface area contributed by atoms with Crippen molar-refractivity contribution in [3.05, 3.63) is 53.5 Å². The third-order valence-electron chi connectivity index (χ3n) is 3.13. The van der Waals surface area contributed by atoms with Gasteiger partial charge >= 0.3 is 0 Å². The summed E-state index contributed by atoms with van der Waals surface area (Å²) < 4.78 is 11.6. The summed E-state index contributed by atoms with van der Waals surface area (Å²) in [6.45, 7) is 7.59. The minimum Gasteiger partial charge on any atom is -0.485 e. The topological polar surface area (TPSA) is 34.4 Å². The van der Waals surface area contributed by atoms with Crippen LogP contribution in [0.5, 0.6) is 5.75 Å². The van der Waals surface area contributed by atoms with Crippen molar-refractivity contribution in [1.82, 2.24) is 5.32 Å². The number of hydrogen-bond donors (Lipinski definition) is 1. The Labute approximate surface area is 121 Å². The molecule has 2 rings (SSSR count). The molecule has 0 bridgehead atoms. The second-order valence-electron chi connectivity index (χ2n) is 5.15. The summed E-state index contributed by atoms with van der Waals surface area (Å²) in [6, 6.07) is 12.6. The molecule has 0 amide bonds. The number of hydrogen-bond acceptors (Lipinski definition) is 3. The lowest BCUT2D eigenvalue weighted by atomic mass is 10.1. The van der Waals surface area contributed by atoms with E-state index in [4.69, 9.17) is 9.15 Å². The van der Waals surface area contributed by atoms with E-state index in [0.717, 1.165) is 30.2 Å². The highest BCUT2D eigenvalue weighted by molar-refractivity contribution is 5.33. The van der Waals surface area contributed by atoms with Crippen molar-refractivity contribution in [3.8, 4) is 5.75 Å². The van der Waals surface area contributed by atoms with Crippen molar-refractivity contribution in [2.24, 2.45) is 0 Å². The third-order valence-corrected chi connectivity index (χ3v) is 3.13. The Kier molecular flexibility index (Phi) is 5.24. The second-order valence-corrected chi connectivity index (χ2v) is 5.15. The highest BCUT2D eigenvalue weighted by Gasteiger charge is 2.05. The van der Waals surface area contributed by atoms with E-state index in [1.54, 1.807) is 0 Å². The van der Waals surface area contributed by atoms with Crippen molar-refractivity contribution in [1.29, 1.82) is 0 Å². The van der Waals surface area contributed by atoms with E-state index in [1.807, 2.05) is 30.3 Å². The number of nitrogens with one attached hydrogen (secondary N) is 1. The summed E-state index contributed by atoms with van der Waals surface area (Å²) in [5.41, 5.74) is 1.22. The molecular weight excluding hydrogens is 250 g/mol. The van der Waals surface area contributed by atoms with Crippen molar-refractivity contribution >= 4 is 0 Å². The van der Waals surface area contributed by atoms with E-state index >= 15 is 0 Å². The zero-order valence-electron chi connectivity index (χ0n) is 12.5. The Bertz CT molecular complexity index is 531. The smallest absolute Gasteiger partial charge is 0.146 e. The van der Waals surface area contributed by atoms with Crippen LogP contribution in [0.1, 0.15) is 37.9 Å². The van der Waals surface area contributed by atoms with Crippen LogP contribution in [0.2, 0.25) is 0 Å². The highest BCUT2D eigenvalue weighted by Crippen LogP contribution is 2.20. The number of ether oxygens (including phenoxy) is 1. The summed E-state index contributed by atoms with van der Waals surface area (Å²) in [5, 5.41) is 3.33. The molecule has 0 radical (unpaired) electrons. The summed E-state index contributed by atoms with van der Waals surface area (Å²) in [7, 11) is 0. The van der Waals surface area contributed by atoms with Gasteiger partial charge in [-0.25, -0.2) is 0 Å². The number of para-hydroxylation sites is 1. The maximum Gasteiger partial charge on any atom is 0.146 e.